The van der Waals surface area contributed by atoms with Gasteiger partial charge in [0.25, 0.3) is 0 Å². The SMILES string of the molecule is Cc1nc2ccc(N(C)CC(CN)C(C)C)cc2o1. The molecule has 0 amide bonds. The molecule has 1 atom stereocenters. The molecule has 1 unspecified atom stereocenters. The van der Waals surface area contributed by atoms with Crippen molar-refractivity contribution in [3.05, 3.63) is 24.1 Å². The van der Waals surface area contributed by atoms with Gasteiger partial charge < -0.3 is 15.1 Å². The number of aromatic nitrogens is 1. The van der Waals surface area contributed by atoms with Gasteiger partial charge in [-0.15, -0.1) is 0 Å². The van der Waals surface area contributed by atoms with Crippen molar-refractivity contribution in [1.29, 1.82) is 0 Å². The normalized spacial score (nSPS) is 13.2. The van der Waals surface area contributed by atoms with Crippen molar-refractivity contribution in [3.63, 3.8) is 0 Å². The van der Waals surface area contributed by atoms with E-state index in [1.165, 1.54) is 0 Å². The molecule has 1 heterocycles. The van der Waals surface area contributed by atoms with Crippen molar-refractivity contribution in [2.45, 2.75) is 20.8 Å². The van der Waals surface area contributed by atoms with E-state index in [1.807, 2.05) is 19.1 Å². The molecule has 19 heavy (non-hydrogen) atoms. The number of nitrogens with zero attached hydrogens (tertiary/aromatic N) is 2. The van der Waals surface area contributed by atoms with Gasteiger partial charge in [0.2, 0.25) is 0 Å². The van der Waals surface area contributed by atoms with Crippen LogP contribution in [0.25, 0.3) is 11.1 Å². The Morgan fingerprint density at radius 3 is 2.74 bits per heavy atom. The van der Waals surface area contributed by atoms with Crippen LogP contribution < -0.4 is 10.6 Å². The average molecular weight is 261 g/mol. The summed E-state index contributed by atoms with van der Waals surface area (Å²) in [6, 6.07) is 6.13. The summed E-state index contributed by atoms with van der Waals surface area (Å²) in [5, 5.41) is 0. The lowest BCUT2D eigenvalue weighted by Crippen LogP contribution is -2.33. The summed E-state index contributed by atoms with van der Waals surface area (Å²) in [5.41, 5.74) is 8.73. The van der Waals surface area contributed by atoms with E-state index in [2.05, 4.69) is 36.8 Å². The standard InChI is InChI=1S/C15H23N3O/c1-10(2)12(8-16)9-18(4)13-5-6-14-15(7-13)19-11(3)17-14/h5-7,10,12H,8-9,16H2,1-4H3. The van der Waals surface area contributed by atoms with Gasteiger partial charge in [0, 0.05) is 32.3 Å². The fraction of sp³-hybridized carbons (Fsp3) is 0.533. The third kappa shape index (κ3) is 3.07. The molecule has 0 aliphatic rings. The molecule has 2 rings (SSSR count). The molecule has 4 nitrogen and oxygen atoms in total. The molecule has 0 spiro atoms. The second-order valence-electron chi connectivity index (χ2n) is 5.51. The van der Waals surface area contributed by atoms with E-state index in [9.17, 15) is 0 Å². The van der Waals surface area contributed by atoms with Crippen LogP contribution in [0.15, 0.2) is 22.6 Å². The number of nitrogens with two attached hydrogens (primary N) is 1. The zero-order valence-corrected chi connectivity index (χ0v) is 12.2. The molecule has 0 saturated heterocycles. The molecule has 0 aliphatic carbocycles. The van der Waals surface area contributed by atoms with Crippen LogP contribution in [0.3, 0.4) is 0 Å². The Morgan fingerprint density at radius 1 is 1.37 bits per heavy atom. The van der Waals surface area contributed by atoms with Gasteiger partial charge in [-0.3, -0.25) is 0 Å². The maximum atomic E-state index is 5.84. The zero-order chi connectivity index (χ0) is 14.0. The quantitative estimate of drug-likeness (QED) is 0.899. The van der Waals surface area contributed by atoms with Crippen molar-refractivity contribution in [2.75, 3.05) is 25.0 Å². The van der Waals surface area contributed by atoms with Crippen molar-refractivity contribution >= 4 is 16.8 Å². The summed E-state index contributed by atoms with van der Waals surface area (Å²) in [7, 11) is 2.09. The lowest BCUT2D eigenvalue weighted by molar-refractivity contribution is 0.398. The Hall–Kier alpha value is -1.55. The van der Waals surface area contributed by atoms with Crippen molar-refractivity contribution in [1.82, 2.24) is 4.98 Å². The van der Waals surface area contributed by atoms with E-state index in [0.717, 1.165) is 23.3 Å². The van der Waals surface area contributed by atoms with Crippen molar-refractivity contribution in [3.8, 4) is 0 Å². The van der Waals surface area contributed by atoms with Gasteiger partial charge in [-0.25, -0.2) is 4.98 Å². The minimum Gasteiger partial charge on any atom is -0.441 e. The Bertz CT molecular complexity index is 547. The van der Waals surface area contributed by atoms with Crippen LogP contribution in [0.1, 0.15) is 19.7 Å². The maximum absolute atomic E-state index is 5.84. The highest BCUT2D eigenvalue weighted by Crippen LogP contribution is 2.23. The van der Waals surface area contributed by atoms with Crippen LogP contribution in [-0.4, -0.2) is 25.1 Å². The fourth-order valence-electron chi connectivity index (χ4n) is 2.28. The molecule has 2 N–H and O–H groups in total. The Balaban J connectivity index is 2.18. The summed E-state index contributed by atoms with van der Waals surface area (Å²) in [4.78, 5) is 6.54. The van der Waals surface area contributed by atoms with E-state index < -0.39 is 0 Å². The highest BCUT2D eigenvalue weighted by atomic mass is 16.3. The second kappa shape index (κ2) is 5.61. The molecule has 4 heteroatoms. The third-order valence-electron chi connectivity index (χ3n) is 3.67. The minimum atomic E-state index is 0.497. The lowest BCUT2D eigenvalue weighted by atomic mass is 9.95. The van der Waals surface area contributed by atoms with Gasteiger partial charge in [0.1, 0.15) is 5.52 Å². The molecule has 104 valence electrons. The number of oxazole rings is 1. The highest BCUT2D eigenvalue weighted by Gasteiger charge is 2.15. The molecule has 0 fully saturated rings. The number of benzene rings is 1. The molecular formula is C15H23N3O. The van der Waals surface area contributed by atoms with Gasteiger partial charge in [-0.05, 0) is 30.5 Å². The lowest BCUT2D eigenvalue weighted by Gasteiger charge is -2.27. The molecule has 0 saturated carbocycles. The molecule has 0 radical (unpaired) electrons. The topological polar surface area (TPSA) is 55.3 Å². The first-order valence-corrected chi connectivity index (χ1v) is 6.79. The highest BCUT2D eigenvalue weighted by molar-refractivity contribution is 5.77. The molecule has 1 aromatic heterocycles. The number of rotatable bonds is 5. The number of anilines is 1. The Labute approximate surface area is 114 Å². The predicted molar refractivity (Wildman–Crippen MR) is 79.4 cm³/mol. The first kappa shape index (κ1) is 13.9. The second-order valence-corrected chi connectivity index (χ2v) is 5.51. The number of fused-ring (bicyclic) bond motifs is 1. The molecule has 0 bridgehead atoms. The smallest absolute Gasteiger partial charge is 0.192 e. The van der Waals surface area contributed by atoms with Crippen molar-refractivity contribution < 1.29 is 4.42 Å². The van der Waals surface area contributed by atoms with Gasteiger partial charge in [-0.2, -0.15) is 0 Å². The van der Waals surface area contributed by atoms with E-state index in [0.29, 0.717) is 24.3 Å². The van der Waals surface area contributed by atoms with E-state index in [4.69, 9.17) is 10.2 Å². The van der Waals surface area contributed by atoms with Crippen LogP contribution in [0.5, 0.6) is 0 Å². The monoisotopic (exact) mass is 261 g/mol. The molecule has 2 aromatic rings. The third-order valence-corrected chi connectivity index (χ3v) is 3.67. The molecular weight excluding hydrogens is 238 g/mol. The minimum absolute atomic E-state index is 0.497. The molecule has 0 aliphatic heterocycles. The Morgan fingerprint density at radius 2 is 2.11 bits per heavy atom. The van der Waals surface area contributed by atoms with Gasteiger partial charge >= 0.3 is 0 Å². The summed E-state index contributed by atoms with van der Waals surface area (Å²) >= 11 is 0. The zero-order valence-electron chi connectivity index (χ0n) is 12.2. The summed E-state index contributed by atoms with van der Waals surface area (Å²) in [5.74, 6) is 1.79. The van der Waals surface area contributed by atoms with Gasteiger partial charge in [0.15, 0.2) is 11.5 Å². The van der Waals surface area contributed by atoms with Crippen LogP contribution >= 0.6 is 0 Å². The van der Waals surface area contributed by atoms with Gasteiger partial charge in [-0.1, -0.05) is 13.8 Å². The Kier molecular flexibility index (Phi) is 4.10. The number of aryl methyl sites for hydroxylation is 1. The van der Waals surface area contributed by atoms with E-state index in [-0.39, 0.29) is 0 Å². The van der Waals surface area contributed by atoms with E-state index in [1.54, 1.807) is 0 Å². The summed E-state index contributed by atoms with van der Waals surface area (Å²) in [6.07, 6.45) is 0. The maximum Gasteiger partial charge on any atom is 0.192 e. The summed E-state index contributed by atoms with van der Waals surface area (Å²) < 4.78 is 5.58. The van der Waals surface area contributed by atoms with E-state index >= 15 is 0 Å². The van der Waals surface area contributed by atoms with Gasteiger partial charge in [0.05, 0.1) is 0 Å². The fourth-order valence-corrected chi connectivity index (χ4v) is 2.28. The van der Waals surface area contributed by atoms with Crippen LogP contribution in [0, 0.1) is 18.8 Å². The average Bonchev–Trinajstić information content (AvgIpc) is 2.74. The van der Waals surface area contributed by atoms with Crippen LogP contribution in [-0.2, 0) is 0 Å². The molecule has 1 aromatic carbocycles. The number of hydrogen-bond donors (Lipinski definition) is 1. The van der Waals surface area contributed by atoms with Crippen molar-refractivity contribution in [2.24, 2.45) is 17.6 Å². The van der Waals surface area contributed by atoms with Crippen LogP contribution in [0.4, 0.5) is 5.69 Å². The van der Waals surface area contributed by atoms with Crippen LogP contribution in [0.2, 0.25) is 0 Å². The predicted octanol–water partition coefficient (Wildman–Crippen LogP) is 2.80. The first-order chi connectivity index (χ1) is 9.01. The largest absolute Gasteiger partial charge is 0.441 e. The summed E-state index contributed by atoms with van der Waals surface area (Å²) in [6.45, 7) is 7.97. The number of hydrogen-bond acceptors (Lipinski definition) is 4. The first-order valence-electron chi connectivity index (χ1n) is 6.79.